The largest absolute Gasteiger partial charge is 0.383 e. The molecule has 6 nitrogen and oxygen atoms in total. The van der Waals surface area contributed by atoms with Crippen molar-refractivity contribution in [3.8, 4) is 0 Å². The zero-order valence-electron chi connectivity index (χ0n) is 14.3. The highest BCUT2D eigenvalue weighted by Crippen LogP contribution is 2.21. The molecule has 2 N–H and O–H groups in total. The van der Waals surface area contributed by atoms with Crippen LogP contribution in [0.3, 0.4) is 0 Å². The van der Waals surface area contributed by atoms with Gasteiger partial charge in [-0.3, -0.25) is 4.79 Å². The number of carbonyl (C=O) groups excluding carboxylic acids is 2. The zero-order valence-corrected chi connectivity index (χ0v) is 14.3. The van der Waals surface area contributed by atoms with Gasteiger partial charge < -0.3 is 20.3 Å². The Labute approximate surface area is 143 Å². The summed E-state index contributed by atoms with van der Waals surface area (Å²) in [4.78, 5) is 26.0. The average molecular weight is 333 g/mol. The Bertz CT molecular complexity index is 522. The molecule has 1 aliphatic heterocycles. The van der Waals surface area contributed by atoms with Crippen molar-refractivity contribution >= 4 is 17.6 Å². The summed E-state index contributed by atoms with van der Waals surface area (Å²) in [7, 11) is 1.61. The van der Waals surface area contributed by atoms with Crippen LogP contribution in [0.5, 0.6) is 0 Å². The molecule has 1 aromatic rings. The van der Waals surface area contributed by atoms with Crippen molar-refractivity contribution in [1.29, 1.82) is 0 Å². The van der Waals surface area contributed by atoms with Crippen LogP contribution < -0.4 is 10.6 Å². The molecule has 1 atom stereocenters. The van der Waals surface area contributed by atoms with Gasteiger partial charge in [0.25, 0.3) is 0 Å². The number of benzene rings is 1. The third kappa shape index (κ3) is 6.20. The zero-order chi connectivity index (χ0) is 17.2. The number of anilines is 1. The van der Waals surface area contributed by atoms with Crippen LogP contribution in [0, 0.1) is 5.92 Å². The molecule has 24 heavy (non-hydrogen) atoms. The third-order valence-corrected chi connectivity index (χ3v) is 4.24. The van der Waals surface area contributed by atoms with Crippen molar-refractivity contribution < 1.29 is 14.3 Å². The molecular formula is C18H27N3O3. The fourth-order valence-electron chi connectivity index (χ4n) is 2.93. The van der Waals surface area contributed by atoms with E-state index in [0.29, 0.717) is 32.0 Å². The van der Waals surface area contributed by atoms with Gasteiger partial charge in [0.1, 0.15) is 0 Å². The SMILES string of the molecule is COCCNC(=O)CC[C@@H]1CCCN(C(=O)Nc2ccccc2)C1. The van der Waals surface area contributed by atoms with E-state index < -0.39 is 0 Å². The number of urea groups is 1. The van der Waals surface area contributed by atoms with Crippen molar-refractivity contribution in [2.24, 2.45) is 5.92 Å². The second-order valence-electron chi connectivity index (χ2n) is 6.13. The van der Waals surface area contributed by atoms with Crippen LogP contribution >= 0.6 is 0 Å². The van der Waals surface area contributed by atoms with Gasteiger partial charge in [-0.1, -0.05) is 18.2 Å². The van der Waals surface area contributed by atoms with Gasteiger partial charge in [0.2, 0.25) is 5.91 Å². The van der Waals surface area contributed by atoms with Crippen molar-refractivity contribution in [2.45, 2.75) is 25.7 Å². The molecule has 1 aliphatic rings. The quantitative estimate of drug-likeness (QED) is 0.753. The molecule has 1 heterocycles. The Morgan fingerprint density at radius 1 is 1.29 bits per heavy atom. The van der Waals surface area contributed by atoms with Gasteiger partial charge in [-0.2, -0.15) is 0 Å². The summed E-state index contributed by atoms with van der Waals surface area (Å²) in [5.41, 5.74) is 0.808. The Hall–Kier alpha value is -2.08. The van der Waals surface area contributed by atoms with Crippen LogP contribution in [0.4, 0.5) is 10.5 Å². The first-order valence-electron chi connectivity index (χ1n) is 8.55. The molecule has 1 fully saturated rings. The van der Waals surface area contributed by atoms with Crippen LogP contribution in [-0.2, 0) is 9.53 Å². The van der Waals surface area contributed by atoms with E-state index in [9.17, 15) is 9.59 Å². The topological polar surface area (TPSA) is 70.7 Å². The lowest BCUT2D eigenvalue weighted by Gasteiger charge is -2.32. The predicted molar refractivity (Wildman–Crippen MR) is 93.9 cm³/mol. The van der Waals surface area contributed by atoms with E-state index in [0.717, 1.165) is 31.5 Å². The van der Waals surface area contributed by atoms with E-state index in [1.54, 1.807) is 7.11 Å². The molecule has 0 saturated carbocycles. The number of carbonyl (C=O) groups is 2. The van der Waals surface area contributed by atoms with E-state index in [2.05, 4.69) is 10.6 Å². The van der Waals surface area contributed by atoms with Gasteiger partial charge >= 0.3 is 6.03 Å². The summed E-state index contributed by atoms with van der Waals surface area (Å²) in [6.45, 7) is 2.56. The summed E-state index contributed by atoms with van der Waals surface area (Å²) >= 11 is 0. The molecule has 0 unspecified atom stereocenters. The molecule has 3 amide bonds. The number of nitrogens with zero attached hydrogens (tertiary/aromatic N) is 1. The molecule has 0 aliphatic carbocycles. The molecule has 6 heteroatoms. The molecule has 1 aromatic carbocycles. The molecule has 2 rings (SSSR count). The Morgan fingerprint density at radius 2 is 2.08 bits per heavy atom. The minimum absolute atomic E-state index is 0.0536. The molecule has 0 aromatic heterocycles. The highest BCUT2D eigenvalue weighted by Gasteiger charge is 2.24. The second-order valence-corrected chi connectivity index (χ2v) is 6.13. The normalized spacial score (nSPS) is 17.4. The molecule has 0 spiro atoms. The Balaban J connectivity index is 1.73. The number of likely N-dealkylation sites (tertiary alicyclic amines) is 1. The molecular weight excluding hydrogens is 306 g/mol. The summed E-state index contributed by atoms with van der Waals surface area (Å²) in [5.74, 6) is 0.436. The maximum atomic E-state index is 12.3. The fourth-order valence-corrected chi connectivity index (χ4v) is 2.93. The lowest BCUT2D eigenvalue weighted by Crippen LogP contribution is -2.42. The van der Waals surface area contributed by atoms with Gasteiger partial charge in [0.05, 0.1) is 6.61 Å². The van der Waals surface area contributed by atoms with Crippen molar-refractivity contribution in [2.75, 3.05) is 38.7 Å². The second kappa shape index (κ2) is 9.93. The summed E-state index contributed by atoms with van der Waals surface area (Å²) in [5, 5.41) is 5.76. The van der Waals surface area contributed by atoms with Gasteiger partial charge in [0.15, 0.2) is 0 Å². The fraction of sp³-hybridized carbons (Fsp3) is 0.556. The monoisotopic (exact) mass is 333 g/mol. The van der Waals surface area contributed by atoms with Crippen LogP contribution in [0.15, 0.2) is 30.3 Å². The molecule has 0 radical (unpaired) electrons. The number of ether oxygens (including phenoxy) is 1. The number of methoxy groups -OCH3 is 1. The maximum absolute atomic E-state index is 12.3. The van der Waals surface area contributed by atoms with E-state index >= 15 is 0 Å². The minimum Gasteiger partial charge on any atom is -0.383 e. The van der Waals surface area contributed by atoms with Crippen LogP contribution in [-0.4, -0.2) is 50.2 Å². The average Bonchev–Trinajstić information content (AvgIpc) is 2.61. The van der Waals surface area contributed by atoms with E-state index in [4.69, 9.17) is 4.74 Å². The van der Waals surface area contributed by atoms with Gasteiger partial charge in [0, 0.05) is 38.9 Å². The first-order valence-corrected chi connectivity index (χ1v) is 8.55. The van der Waals surface area contributed by atoms with Crippen molar-refractivity contribution in [1.82, 2.24) is 10.2 Å². The van der Waals surface area contributed by atoms with E-state index in [1.807, 2.05) is 35.2 Å². The first-order chi connectivity index (χ1) is 11.7. The predicted octanol–water partition coefficient (Wildman–Crippen LogP) is 2.47. The Morgan fingerprint density at radius 3 is 2.83 bits per heavy atom. The lowest BCUT2D eigenvalue weighted by molar-refractivity contribution is -0.121. The molecule has 132 valence electrons. The number of piperidine rings is 1. The highest BCUT2D eigenvalue weighted by atomic mass is 16.5. The maximum Gasteiger partial charge on any atom is 0.321 e. The third-order valence-electron chi connectivity index (χ3n) is 4.24. The first kappa shape index (κ1) is 18.3. The number of rotatable bonds is 7. The van der Waals surface area contributed by atoms with Crippen LogP contribution in [0.2, 0.25) is 0 Å². The van der Waals surface area contributed by atoms with E-state index in [1.165, 1.54) is 0 Å². The number of para-hydroxylation sites is 1. The standard InChI is InChI=1S/C18H27N3O3/c1-24-13-11-19-17(22)10-9-15-6-5-12-21(14-15)18(23)20-16-7-3-2-4-8-16/h2-4,7-8,15H,5-6,9-14H2,1H3,(H,19,22)(H,20,23)/t15-/m0/s1. The minimum atomic E-state index is -0.0598. The van der Waals surface area contributed by atoms with E-state index in [-0.39, 0.29) is 11.9 Å². The number of amides is 3. The highest BCUT2D eigenvalue weighted by molar-refractivity contribution is 5.89. The molecule has 1 saturated heterocycles. The van der Waals surface area contributed by atoms with Crippen molar-refractivity contribution in [3.63, 3.8) is 0 Å². The number of hydrogen-bond acceptors (Lipinski definition) is 3. The van der Waals surface area contributed by atoms with Crippen LogP contribution in [0.1, 0.15) is 25.7 Å². The van der Waals surface area contributed by atoms with Crippen LogP contribution in [0.25, 0.3) is 0 Å². The Kier molecular flexibility index (Phi) is 7.55. The number of hydrogen-bond donors (Lipinski definition) is 2. The lowest BCUT2D eigenvalue weighted by atomic mass is 9.93. The summed E-state index contributed by atoms with van der Waals surface area (Å²) in [6, 6.07) is 9.42. The number of nitrogens with one attached hydrogen (secondary N) is 2. The van der Waals surface area contributed by atoms with Gasteiger partial charge in [-0.15, -0.1) is 0 Å². The van der Waals surface area contributed by atoms with Gasteiger partial charge in [-0.25, -0.2) is 4.79 Å². The van der Waals surface area contributed by atoms with Crippen molar-refractivity contribution in [3.05, 3.63) is 30.3 Å². The summed E-state index contributed by atoms with van der Waals surface area (Å²) in [6.07, 6.45) is 3.37. The summed E-state index contributed by atoms with van der Waals surface area (Å²) < 4.78 is 4.91. The van der Waals surface area contributed by atoms with Gasteiger partial charge in [-0.05, 0) is 37.3 Å². The smallest absolute Gasteiger partial charge is 0.321 e. The molecule has 0 bridgehead atoms.